The monoisotopic (exact) mass is 628 g/mol. The average Bonchev–Trinajstić information content (AvgIpc) is 3.52. The van der Waals surface area contributed by atoms with Crippen molar-refractivity contribution in [3.05, 3.63) is 76.7 Å². The van der Waals surface area contributed by atoms with E-state index in [-0.39, 0.29) is 18.5 Å². The zero-order valence-corrected chi connectivity index (χ0v) is 25.1. The van der Waals surface area contributed by atoms with Crippen LogP contribution < -0.4 is 14.8 Å². The van der Waals surface area contributed by atoms with Crippen LogP contribution >= 0.6 is 15.9 Å². The molecule has 0 saturated carbocycles. The normalized spacial score (nSPS) is 13.4. The van der Waals surface area contributed by atoms with Crippen LogP contribution in [0, 0.1) is 0 Å². The minimum absolute atomic E-state index is 0.0701. The summed E-state index contributed by atoms with van der Waals surface area (Å²) in [6.07, 6.45) is 2.18. The fourth-order valence-electron chi connectivity index (χ4n) is 4.52. The summed E-state index contributed by atoms with van der Waals surface area (Å²) in [6, 6.07) is 16.4. The van der Waals surface area contributed by atoms with Crippen LogP contribution in [0.2, 0.25) is 0 Å². The zero-order chi connectivity index (χ0) is 29.0. The Hall–Kier alpha value is -3.54. The van der Waals surface area contributed by atoms with Crippen molar-refractivity contribution < 1.29 is 28.2 Å². The van der Waals surface area contributed by atoms with E-state index in [1.807, 2.05) is 48.5 Å². The van der Waals surface area contributed by atoms with Crippen LogP contribution in [0.4, 0.5) is 10.5 Å². The predicted octanol–water partition coefficient (Wildman–Crippen LogP) is 4.50. The molecule has 0 spiro atoms. The molecule has 1 N–H and O–H groups in total. The summed E-state index contributed by atoms with van der Waals surface area (Å²) >= 11 is 3.42. The second-order valence-corrected chi connectivity index (χ2v) is 10.6. The molecule has 220 valence electrons. The molecule has 0 aliphatic carbocycles. The Morgan fingerprint density at radius 3 is 2.41 bits per heavy atom. The first kappa shape index (κ1) is 30.4. The molecule has 1 saturated heterocycles. The van der Waals surface area contributed by atoms with Crippen LogP contribution in [0.5, 0.6) is 11.5 Å². The van der Waals surface area contributed by atoms with Gasteiger partial charge in [-0.2, -0.15) is 0 Å². The quantitative estimate of drug-likeness (QED) is 0.298. The van der Waals surface area contributed by atoms with Gasteiger partial charge in [0.1, 0.15) is 12.3 Å². The highest BCUT2D eigenvalue weighted by atomic mass is 79.9. The minimum atomic E-state index is -0.327. The molecule has 2 aromatic carbocycles. The third kappa shape index (κ3) is 9.24. The number of methoxy groups -OCH3 is 2. The summed E-state index contributed by atoms with van der Waals surface area (Å²) in [7, 11) is 3.19. The number of furan rings is 1. The highest BCUT2D eigenvalue weighted by molar-refractivity contribution is 9.10. The number of carbonyl (C=O) groups excluding carboxylic acids is 2. The van der Waals surface area contributed by atoms with E-state index in [2.05, 4.69) is 26.1 Å². The third-order valence-electron chi connectivity index (χ3n) is 6.90. The summed E-state index contributed by atoms with van der Waals surface area (Å²) in [6.45, 7) is 4.63. The molecule has 41 heavy (non-hydrogen) atoms. The van der Waals surface area contributed by atoms with Crippen molar-refractivity contribution in [3.63, 3.8) is 0 Å². The van der Waals surface area contributed by atoms with Gasteiger partial charge in [-0.1, -0.05) is 22.0 Å². The number of ether oxygens (including phenoxy) is 3. The predicted molar refractivity (Wildman–Crippen MR) is 159 cm³/mol. The van der Waals surface area contributed by atoms with Crippen LogP contribution in [-0.4, -0.2) is 93.3 Å². The van der Waals surface area contributed by atoms with Crippen LogP contribution in [0.3, 0.4) is 0 Å². The van der Waals surface area contributed by atoms with E-state index in [9.17, 15) is 9.59 Å². The van der Waals surface area contributed by atoms with Gasteiger partial charge in [0.25, 0.3) is 0 Å². The van der Waals surface area contributed by atoms with E-state index < -0.39 is 0 Å². The third-order valence-corrected chi connectivity index (χ3v) is 7.43. The van der Waals surface area contributed by atoms with Crippen molar-refractivity contribution in [2.24, 2.45) is 0 Å². The van der Waals surface area contributed by atoms with Crippen molar-refractivity contribution in [3.8, 4) is 11.5 Å². The van der Waals surface area contributed by atoms with Gasteiger partial charge in [0.05, 0.1) is 40.2 Å². The molecule has 3 aromatic rings. The number of hydrogen-bond donors (Lipinski definition) is 1. The number of morpholine rings is 1. The molecule has 0 unspecified atom stereocenters. The number of urea groups is 1. The average molecular weight is 630 g/mol. The van der Waals surface area contributed by atoms with Gasteiger partial charge in [-0.15, -0.1) is 0 Å². The number of nitrogens with one attached hydrogen (secondary N) is 1. The number of amides is 3. The number of halogens is 1. The van der Waals surface area contributed by atoms with Gasteiger partial charge in [0.15, 0.2) is 11.5 Å². The maximum Gasteiger partial charge on any atom is 0.322 e. The van der Waals surface area contributed by atoms with Crippen molar-refractivity contribution >= 4 is 33.6 Å². The van der Waals surface area contributed by atoms with Crippen LogP contribution in [0.25, 0.3) is 0 Å². The first-order valence-electron chi connectivity index (χ1n) is 13.6. The topological polar surface area (TPSA) is 96.7 Å². The first-order chi connectivity index (χ1) is 19.9. The van der Waals surface area contributed by atoms with Crippen molar-refractivity contribution in [2.75, 3.05) is 72.0 Å². The summed E-state index contributed by atoms with van der Waals surface area (Å²) in [5.74, 6) is 1.78. The molecule has 1 aromatic heterocycles. The molecule has 1 aliphatic heterocycles. The molecule has 2 heterocycles. The Morgan fingerprint density at radius 2 is 1.73 bits per heavy atom. The van der Waals surface area contributed by atoms with Gasteiger partial charge in [-0.3, -0.25) is 9.69 Å². The lowest BCUT2D eigenvalue weighted by molar-refractivity contribution is -0.132. The number of anilines is 1. The molecule has 11 heteroatoms. The van der Waals surface area contributed by atoms with Gasteiger partial charge < -0.3 is 33.7 Å². The van der Waals surface area contributed by atoms with Crippen molar-refractivity contribution in [2.45, 2.75) is 13.0 Å². The molecule has 1 fully saturated rings. The maximum absolute atomic E-state index is 13.8. The molecule has 0 radical (unpaired) electrons. The lowest BCUT2D eigenvalue weighted by Crippen LogP contribution is -2.48. The molecule has 0 atom stereocenters. The van der Waals surface area contributed by atoms with E-state index in [1.165, 1.54) is 0 Å². The number of benzene rings is 2. The Kier molecular flexibility index (Phi) is 11.5. The highest BCUT2D eigenvalue weighted by Crippen LogP contribution is 2.28. The molecular weight excluding hydrogens is 592 g/mol. The number of hydrogen-bond acceptors (Lipinski definition) is 7. The molecule has 4 rings (SSSR count). The van der Waals surface area contributed by atoms with Gasteiger partial charge in [-0.05, 0) is 60.5 Å². The second kappa shape index (κ2) is 15.5. The van der Waals surface area contributed by atoms with Crippen molar-refractivity contribution in [1.29, 1.82) is 0 Å². The van der Waals surface area contributed by atoms with E-state index in [1.54, 1.807) is 36.3 Å². The minimum Gasteiger partial charge on any atom is -0.493 e. The first-order valence-corrected chi connectivity index (χ1v) is 14.4. The molecule has 10 nitrogen and oxygen atoms in total. The molecular formula is C30H37BrN4O6. The second-order valence-electron chi connectivity index (χ2n) is 9.65. The Labute approximate surface area is 249 Å². The lowest BCUT2D eigenvalue weighted by atomic mass is 10.1. The van der Waals surface area contributed by atoms with Crippen LogP contribution in [-0.2, 0) is 22.5 Å². The SMILES string of the molecule is COc1ccc(CCN(Cc2ccco2)C(=O)CN(CCN2CCOCC2)C(=O)Nc2ccc(Br)cc2)cc1OC. The largest absolute Gasteiger partial charge is 0.493 e. The number of rotatable bonds is 13. The van der Waals surface area contributed by atoms with E-state index >= 15 is 0 Å². The summed E-state index contributed by atoms with van der Waals surface area (Å²) in [4.78, 5) is 32.7. The van der Waals surface area contributed by atoms with Gasteiger partial charge >= 0.3 is 6.03 Å². The van der Waals surface area contributed by atoms with E-state index in [0.717, 1.165) is 23.1 Å². The summed E-state index contributed by atoms with van der Waals surface area (Å²) in [5.41, 5.74) is 1.65. The summed E-state index contributed by atoms with van der Waals surface area (Å²) < 4.78 is 22.7. The van der Waals surface area contributed by atoms with E-state index in [0.29, 0.717) is 68.8 Å². The molecule has 0 bridgehead atoms. The number of carbonyl (C=O) groups is 2. The smallest absolute Gasteiger partial charge is 0.322 e. The van der Waals surface area contributed by atoms with E-state index in [4.69, 9.17) is 18.6 Å². The van der Waals surface area contributed by atoms with Gasteiger partial charge in [0, 0.05) is 42.9 Å². The summed E-state index contributed by atoms with van der Waals surface area (Å²) in [5, 5.41) is 2.94. The Morgan fingerprint density at radius 1 is 0.976 bits per heavy atom. The van der Waals surface area contributed by atoms with Crippen LogP contribution in [0.15, 0.2) is 69.8 Å². The molecule has 1 aliphatic rings. The Balaban J connectivity index is 1.47. The Bertz CT molecular complexity index is 1250. The number of nitrogens with zero attached hydrogens (tertiary/aromatic N) is 3. The van der Waals surface area contributed by atoms with Gasteiger partial charge in [-0.25, -0.2) is 4.79 Å². The van der Waals surface area contributed by atoms with Crippen molar-refractivity contribution in [1.82, 2.24) is 14.7 Å². The highest BCUT2D eigenvalue weighted by Gasteiger charge is 2.24. The van der Waals surface area contributed by atoms with Gasteiger partial charge in [0.2, 0.25) is 5.91 Å². The zero-order valence-electron chi connectivity index (χ0n) is 23.5. The maximum atomic E-state index is 13.8. The fourth-order valence-corrected chi connectivity index (χ4v) is 4.79. The molecule has 3 amide bonds. The van der Waals surface area contributed by atoms with Crippen LogP contribution in [0.1, 0.15) is 11.3 Å². The standard InChI is InChI=1S/C30H37BrN4O6/c1-38-27-10-5-23(20-28(27)39-2)11-12-34(21-26-4-3-17-41-26)29(36)22-35(14-13-33-15-18-40-19-16-33)30(37)32-25-8-6-24(31)7-9-25/h3-10,17,20H,11-16,18-19,21-22H2,1-2H3,(H,32,37). The fraction of sp³-hybridized carbons (Fsp3) is 0.400. The lowest BCUT2D eigenvalue weighted by Gasteiger charge is -2.31.